The molecule has 0 atom stereocenters. The number of hydrogen-bond donors (Lipinski definition) is 1. The van der Waals surface area contributed by atoms with Crippen molar-refractivity contribution in [1.29, 1.82) is 0 Å². The van der Waals surface area contributed by atoms with E-state index in [1.165, 1.54) is 6.07 Å². The van der Waals surface area contributed by atoms with Gasteiger partial charge in [-0.1, -0.05) is 6.92 Å². The fourth-order valence-corrected chi connectivity index (χ4v) is 1.75. The summed E-state index contributed by atoms with van der Waals surface area (Å²) in [4.78, 5) is 2.10. The second-order valence-corrected chi connectivity index (χ2v) is 4.10. The first-order valence-electron chi connectivity index (χ1n) is 5.63. The van der Waals surface area contributed by atoms with Crippen molar-refractivity contribution < 1.29 is 8.78 Å². The van der Waals surface area contributed by atoms with Crippen LogP contribution in [-0.2, 0) is 6.42 Å². The lowest BCUT2D eigenvalue weighted by Crippen LogP contribution is -2.20. The molecule has 0 spiro atoms. The first-order chi connectivity index (χ1) is 8.13. The lowest BCUT2D eigenvalue weighted by atomic mass is 10.1. The highest BCUT2D eigenvalue weighted by Gasteiger charge is 2.14. The lowest BCUT2D eigenvalue weighted by Gasteiger charge is -2.12. The van der Waals surface area contributed by atoms with E-state index in [2.05, 4.69) is 15.1 Å². The van der Waals surface area contributed by atoms with Crippen molar-refractivity contribution in [2.75, 3.05) is 20.1 Å². The van der Waals surface area contributed by atoms with E-state index in [4.69, 9.17) is 0 Å². The maximum Gasteiger partial charge on any atom is 0.170 e. The van der Waals surface area contributed by atoms with Gasteiger partial charge in [0, 0.05) is 18.7 Å². The zero-order chi connectivity index (χ0) is 12.4. The predicted octanol–water partition coefficient (Wildman–Crippen LogP) is 2.34. The molecule has 1 N–H and O–H groups in total. The molecule has 2 aromatic rings. The van der Waals surface area contributed by atoms with Gasteiger partial charge in [-0.15, -0.1) is 0 Å². The van der Waals surface area contributed by atoms with Crippen LogP contribution < -0.4 is 0 Å². The van der Waals surface area contributed by atoms with Gasteiger partial charge in [-0.25, -0.2) is 8.78 Å². The molecule has 92 valence electrons. The number of halogens is 2. The monoisotopic (exact) mass is 239 g/mol. The molecule has 0 amide bonds. The number of H-pyrrole nitrogens is 1. The zero-order valence-corrected chi connectivity index (χ0v) is 9.93. The first-order valence-corrected chi connectivity index (χ1v) is 5.63. The number of rotatable bonds is 4. The van der Waals surface area contributed by atoms with Gasteiger partial charge in [-0.3, -0.25) is 5.10 Å². The number of aromatic amines is 1. The predicted molar refractivity (Wildman–Crippen MR) is 62.9 cm³/mol. The quantitative estimate of drug-likeness (QED) is 0.888. The first kappa shape index (κ1) is 12.0. The largest absolute Gasteiger partial charge is 0.306 e. The Kier molecular flexibility index (Phi) is 3.38. The van der Waals surface area contributed by atoms with Crippen LogP contribution in [0.2, 0.25) is 0 Å². The molecule has 0 bridgehead atoms. The van der Waals surface area contributed by atoms with Crippen molar-refractivity contribution in [3.63, 3.8) is 0 Å². The van der Waals surface area contributed by atoms with E-state index in [-0.39, 0.29) is 5.39 Å². The summed E-state index contributed by atoms with van der Waals surface area (Å²) in [6.45, 7) is 3.75. The summed E-state index contributed by atoms with van der Waals surface area (Å²) in [6.07, 6.45) is 0.626. The second kappa shape index (κ2) is 4.79. The van der Waals surface area contributed by atoms with E-state index >= 15 is 0 Å². The molecule has 1 heterocycles. The molecule has 0 aliphatic carbocycles. The van der Waals surface area contributed by atoms with Crippen molar-refractivity contribution in [1.82, 2.24) is 15.1 Å². The molecule has 0 saturated carbocycles. The van der Waals surface area contributed by atoms with E-state index in [0.717, 1.165) is 19.2 Å². The third-order valence-corrected chi connectivity index (χ3v) is 2.97. The molecule has 2 rings (SSSR count). The molecular formula is C12H15F2N3. The third-order valence-electron chi connectivity index (χ3n) is 2.97. The average Bonchev–Trinajstić information content (AvgIpc) is 2.74. The summed E-state index contributed by atoms with van der Waals surface area (Å²) in [7, 11) is 1.98. The van der Waals surface area contributed by atoms with E-state index in [9.17, 15) is 8.78 Å². The van der Waals surface area contributed by atoms with Gasteiger partial charge in [0.05, 0.1) is 10.9 Å². The van der Waals surface area contributed by atoms with E-state index < -0.39 is 11.6 Å². The maximum absolute atomic E-state index is 13.6. The van der Waals surface area contributed by atoms with Crippen molar-refractivity contribution in [3.05, 3.63) is 29.5 Å². The topological polar surface area (TPSA) is 31.9 Å². The number of fused-ring (bicyclic) bond motifs is 1. The van der Waals surface area contributed by atoms with Crippen LogP contribution in [0.5, 0.6) is 0 Å². The normalized spacial score (nSPS) is 11.6. The van der Waals surface area contributed by atoms with E-state index in [1.807, 2.05) is 14.0 Å². The van der Waals surface area contributed by atoms with Gasteiger partial charge < -0.3 is 4.90 Å². The number of nitrogens with zero attached hydrogens (tertiary/aromatic N) is 2. The Morgan fingerprint density at radius 3 is 2.82 bits per heavy atom. The standard InChI is InChI=1S/C12H15F2N3/c1-3-17(2)7-6-10-11-9(15-16-10)5-4-8(13)12(11)14/h4-5H,3,6-7H2,1-2H3,(H,15,16). The van der Waals surface area contributed by atoms with Gasteiger partial charge in [0.2, 0.25) is 0 Å². The number of benzene rings is 1. The van der Waals surface area contributed by atoms with E-state index in [0.29, 0.717) is 17.6 Å². The summed E-state index contributed by atoms with van der Waals surface area (Å²) >= 11 is 0. The summed E-state index contributed by atoms with van der Waals surface area (Å²) < 4.78 is 26.8. The molecule has 0 unspecified atom stereocenters. The van der Waals surface area contributed by atoms with Crippen molar-refractivity contribution >= 4 is 10.9 Å². The highest BCUT2D eigenvalue weighted by atomic mass is 19.2. The molecule has 17 heavy (non-hydrogen) atoms. The van der Waals surface area contributed by atoms with Crippen LogP contribution in [0.1, 0.15) is 12.6 Å². The summed E-state index contributed by atoms with van der Waals surface area (Å²) in [6, 6.07) is 2.58. The molecule has 1 aromatic carbocycles. The van der Waals surface area contributed by atoms with Gasteiger partial charge >= 0.3 is 0 Å². The zero-order valence-electron chi connectivity index (χ0n) is 9.93. The number of nitrogens with one attached hydrogen (secondary N) is 1. The Morgan fingerprint density at radius 1 is 1.35 bits per heavy atom. The van der Waals surface area contributed by atoms with Crippen LogP contribution >= 0.6 is 0 Å². The third kappa shape index (κ3) is 2.29. The molecule has 0 aliphatic heterocycles. The summed E-state index contributed by atoms with van der Waals surface area (Å²) in [5.41, 5.74) is 1.12. The molecule has 1 aromatic heterocycles. The highest BCUT2D eigenvalue weighted by Crippen LogP contribution is 2.22. The van der Waals surface area contributed by atoms with Gasteiger partial charge in [-0.05, 0) is 25.7 Å². The summed E-state index contributed by atoms with van der Waals surface area (Å²) in [5, 5.41) is 7.02. The molecular weight excluding hydrogens is 224 g/mol. The Balaban J connectivity index is 2.32. The van der Waals surface area contributed by atoms with Gasteiger partial charge in [0.25, 0.3) is 0 Å². The van der Waals surface area contributed by atoms with Crippen LogP contribution in [0.3, 0.4) is 0 Å². The van der Waals surface area contributed by atoms with Crippen LogP contribution in [0, 0.1) is 11.6 Å². The summed E-state index contributed by atoms with van der Waals surface area (Å²) in [5.74, 6) is -1.64. The lowest BCUT2D eigenvalue weighted by molar-refractivity contribution is 0.356. The Hall–Kier alpha value is -1.49. The molecule has 5 heteroatoms. The second-order valence-electron chi connectivity index (χ2n) is 4.10. The minimum Gasteiger partial charge on any atom is -0.306 e. The number of likely N-dealkylation sites (N-methyl/N-ethyl adjacent to an activating group) is 1. The molecule has 0 saturated heterocycles. The molecule has 3 nitrogen and oxygen atoms in total. The minimum atomic E-state index is -0.830. The van der Waals surface area contributed by atoms with Crippen LogP contribution in [-0.4, -0.2) is 35.2 Å². The van der Waals surface area contributed by atoms with Gasteiger partial charge in [-0.2, -0.15) is 5.10 Å². The highest BCUT2D eigenvalue weighted by molar-refractivity contribution is 5.82. The van der Waals surface area contributed by atoms with E-state index in [1.54, 1.807) is 0 Å². The minimum absolute atomic E-state index is 0.273. The van der Waals surface area contributed by atoms with Gasteiger partial charge in [0.1, 0.15) is 0 Å². The SMILES string of the molecule is CCN(C)CCc1[nH]nc2ccc(F)c(F)c12. The Bertz CT molecular complexity index is 522. The molecule has 0 radical (unpaired) electrons. The number of hydrogen-bond acceptors (Lipinski definition) is 2. The van der Waals surface area contributed by atoms with Crippen molar-refractivity contribution in [3.8, 4) is 0 Å². The Morgan fingerprint density at radius 2 is 2.12 bits per heavy atom. The Labute approximate surface area is 98.4 Å². The molecule has 0 aliphatic rings. The van der Waals surface area contributed by atoms with Crippen molar-refractivity contribution in [2.24, 2.45) is 0 Å². The number of aromatic nitrogens is 2. The van der Waals surface area contributed by atoms with Crippen molar-refractivity contribution in [2.45, 2.75) is 13.3 Å². The van der Waals surface area contributed by atoms with Crippen LogP contribution in [0.4, 0.5) is 8.78 Å². The van der Waals surface area contributed by atoms with Crippen LogP contribution in [0.25, 0.3) is 10.9 Å². The smallest absolute Gasteiger partial charge is 0.170 e. The van der Waals surface area contributed by atoms with Gasteiger partial charge in [0.15, 0.2) is 11.6 Å². The fourth-order valence-electron chi connectivity index (χ4n) is 1.75. The maximum atomic E-state index is 13.6. The average molecular weight is 239 g/mol. The molecule has 0 fully saturated rings. The fraction of sp³-hybridized carbons (Fsp3) is 0.417. The van der Waals surface area contributed by atoms with Crippen LogP contribution in [0.15, 0.2) is 12.1 Å².